The van der Waals surface area contributed by atoms with Gasteiger partial charge in [0.2, 0.25) is 0 Å². The predicted molar refractivity (Wildman–Crippen MR) is 87.3 cm³/mol. The monoisotopic (exact) mass is 335 g/mol. The van der Waals surface area contributed by atoms with Crippen molar-refractivity contribution in [2.24, 2.45) is 11.7 Å². The summed E-state index contributed by atoms with van der Waals surface area (Å²) < 4.78 is 1.06. The number of aromatic amines is 1. The summed E-state index contributed by atoms with van der Waals surface area (Å²) in [6.07, 6.45) is 5.20. The molecule has 0 saturated heterocycles. The third-order valence-electron chi connectivity index (χ3n) is 3.38. The number of benzene rings is 1. The normalized spacial score (nSPS) is 12.8. The predicted octanol–water partition coefficient (Wildman–Crippen LogP) is 4.67. The molecule has 20 heavy (non-hydrogen) atoms. The molecular weight excluding hydrogens is 314 g/mol. The van der Waals surface area contributed by atoms with E-state index in [1.807, 2.05) is 18.3 Å². The Morgan fingerprint density at radius 3 is 2.80 bits per heavy atom. The molecule has 3 N–H and O–H groups in total. The van der Waals surface area contributed by atoms with Gasteiger partial charge in [-0.05, 0) is 24.5 Å². The van der Waals surface area contributed by atoms with Gasteiger partial charge < -0.3 is 10.7 Å². The van der Waals surface area contributed by atoms with Crippen LogP contribution in [0.25, 0.3) is 11.3 Å². The first-order valence-electron chi connectivity index (χ1n) is 7.12. The van der Waals surface area contributed by atoms with Crippen LogP contribution in [0.4, 0.5) is 0 Å². The van der Waals surface area contributed by atoms with E-state index in [1.165, 1.54) is 6.42 Å². The number of nitrogens with two attached hydrogens (primary N) is 1. The molecule has 0 radical (unpaired) electrons. The Morgan fingerprint density at radius 2 is 2.10 bits per heavy atom. The van der Waals surface area contributed by atoms with Gasteiger partial charge in [0.1, 0.15) is 5.82 Å². The lowest BCUT2D eigenvalue weighted by molar-refractivity contribution is 0.497. The van der Waals surface area contributed by atoms with Crippen LogP contribution in [-0.4, -0.2) is 9.97 Å². The summed E-state index contributed by atoms with van der Waals surface area (Å²) in [7, 11) is 0. The summed E-state index contributed by atoms with van der Waals surface area (Å²) in [4.78, 5) is 7.76. The zero-order chi connectivity index (χ0) is 14.5. The maximum atomic E-state index is 6.20. The summed E-state index contributed by atoms with van der Waals surface area (Å²) in [6, 6.07) is 8.16. The van der Waals surface area contributed by atoms with Crippen LogP contribution in [0.5, 0.6) is 0 Å². The maximum Gasteiger partial charge on any atom is 0.123 e. The summed E-state index contributed by atoms with van der Waals surface area (Å²) in [6.45, 7) is 4.48. The van der Waals surface area contributed by atoms with Crippen molar-refractivity contribution in [3.63, 3.8) is 0 Å². The Hall–Kier alpha value is -1.13. The number of hydrogen-bond acceptors (Lipinski definition) is 2. The molecule has 0 aliphatic heterocycles. The summed E-state index contributed by atoms with van der Waals surface area (Å²) in [5.41, 5.74) is 8.33. The van der Waals surface area contributed by atoms with E-state index in [2.05, 4.69) is 51.9 Å². The van der Waals surface area contributed by atoms with Crippen molar-refractivity contribution >= 4 is 15.9 Å². The van der Waals surface area contributed by atoms with Crippen LogP contribution in [0.1, 0.15) is 45.0 Å². The lowest BCUT2D eigenvalue weighted by Crippen LogP contribution is -2.12. The molecule has 1 atom stereocenters. The standard InChI is InChI=1S/C16H22BrN3/c1-11(2)5-3-8-14(18)16-19-10-15(20-16)12-6-4-7-13(17)9-12/h4,6-7,9-11,14H,3,5,8,18H2,1-2H3,(H,19,20)/t14-/m1/s1. The average Bonchev–Trinajstić information content (AvgIpc) is 2.87. The minimum absolute atomic E-state index is 0.00495. The van der Waals surface area contributed by atoms with E-state index in [0.717, 1.165) is 40.3 Å². The summed E-state index contributed by atoms with van der Waals surface area (Å²) >= 11 is 3.48. The molecule has 0 amide bonds. The summed E-state index contributed by atoms with van der Waals surface area (Å²) in [5, 5.41) is 0. The van der Waals surface area contributed by atoms with Crippen molar-refractivity contribution in [1.82, 2.24) is 9.97 Å². The lowest BCUT2D eigenvalue weighted by atomic mass is 10.0. The first kappa shape index (κ1) is 15.3. The molecule has 1 heterocycles. The molecule has 0 saturated carbocycles. The van der Waals surface area contributed by atoms with E-state index in [9.17, 15) is 0 Å². The van der Waals surface area contributed by atoms with Crippen LogP contribution in [0, 0.1) is 5.92 Å². The first-order chi connectivity index (χ1) is 9.56. The van der Waals surface area contributed by atoms with E-state index in [0.29, 0.717) is 0 Å². The number of hydrogen-bond donors (Lipinski definition) is 2. The fourth-order valence-electron chi connectivity index (χ4n) is 2.21. The quantitative estimate of drug-likeness (QED) is 0.806. The Morgan fingerprint density at radius 1 is 1.30 bits per heavy atom. The Kier molecular flexibility index (Phi) is 5.38. The van der Waals surface area contributed by atoms with Crippen LogP contribution in [0.2, 0.25) is 0 Å². The van der Waals surface area contributed by atoms with Gasteiger partial charge in [0.05, 0.1) is 17.9 Å². The molecule has 108 valence electrons. The number of H-pyrrole nitrogens is 1. The van der Waals surface area contributed by atoms with Crippen molar-refractivity contribution in [2.75, 3.05) is 0 Å². The largest absolute Gasteiger partial charge is 0.341 e. The highest BCUT2D eigenvalue weighted by atomic mass is 79.9. The lowest BCUT2D eigenvalue weighted by Gasteiger charge is -2.09. The second-order valence-corrected chi connectivity index (χ2v) is 6.54. The molecule has 3 nitrogen and oxygen atoms in total. The number of imidazole rings is 1. The third kappa shape index (κ3) is 4.18. The fourth-order valence-corrected chi connectivity index (χ4v) is 2.61. The van der Waals surface area contributed by atoms with Crippen molar-refractivity contribution in [2.45, 2.75) is 39.2 Å². The SMILES string of the molecule is CC(C)CCC[C@@H](N)c1ncc(-c2cccc(Br)c2)[nH]1. The van der Waals surface area contributed by atoms with Gasteiger partial charge in [-0.3, -0.25) is 0 Å². The molecule has 0 aliphatic rings. The second kappa shape index (κ2) is 7.04. The second-order valence-electron chi connectivity index (χ2n) is 5.62. The van der Waals surface area contributed by atoms with Crippen LogP contribution in [0.3, 0.4) is 0 Å². The maximum absolute atomic E-state index is 6.20. The third-order valence-corrected chi connectivity index (χ3v) is 3.87. The van der Waals surface area contributed by atoms with Gasteiger partial charge in [0.15, 0.2) is 0 Å². The number of aromatic nitrogens is 2. The summed E-state index contributed by atoms with van der Waals surface area (Å²) in [5.74, 6) is 1.61. The minimum Gasteiger partial charge on any atom is -0.341 e. The van der Waals surface area contributed by atoms with E-state index in [4.69, 9.17) is 5.73 Å². The molecule has 0 spiro atoms. The number of rotatable bonds is 6. The van der Waals surface area contributed by atoms with Gasteiger partial charge in [-0.2, -0.15) is 0 Å². The Bertz CT molecular complexity index is 548. The molecule has 0 aliphatic carbocycles. The molecular formula is C16H22BrN3. The van der Waals surface area contributed by atoms with Crippen molar-refractivity contribution < 1.29 is 0 Å². The fraction of sp³-hybridized carbons (Fsp3) is 0.438. The molecule has 1 aromatic carbocycles. The Balaban J connectivity index is 2.01. The minimum atomic E-state index is -0.00495. The van der Waals surface area contributed by atoms with Crippen LogP contribution in [-0.2, 0) is 0 Å². The van der Waals surface area contributed by atoms with E-state index in [1.54, 1.807) is 0 Å². The molecule has 0 bridgehead atoms. The van der Waals surface area contributed by atoms with Gasteiger partial charge >= 0.3 is 0 Å². The van der Waals surface area contributed by atoms with Crippen LogP contribution in [0.15, 0.2) is 34.9 Å². The van der Waals surface area contributed by atoms with Crippen molar-refractivity contribution in [3.05, 3.63) is 40.8 Å². The number of halogens is 1. The molecule has 2 rings (SSSR count). The topological polar surface area (TPSA) is 54.7 Å². The van der Waals surface area contributed by atoms with Crippen LogP contribution < -0.4 is 5.73 Å². The van der Waals surface area contributed by atoms with Gasteiger partial charge in [0, 0.05) is 10.0 Å². The highest BCUT2D eigenvalue weighted by molar-refractivity contribution is 9.10. The molecule has 4 heteroatoms. The van der Waals surface area contributed by atoms with E-state index >= 15 is 0 Å². The van der Waals surface area contributed by atoms with Gasteiger partial charge in [0.25, 0.3) is 0 Å². The van der Waals surface area contributed by atoms with Crippen molar-refractivity contribution in [1.29, 1.82) is 0 Å². The number of nitrogens with one attached hydrogen (secondary N) is 1. The van der Waals surface area contributed by atoms with E-state index < -0.39 is 0 Å². The van der Waals surface area contributed by atoms with Crippen LogP contribution >= 0.6 is 15.9 Å². The van der Waals surface area contributed by atoms with Gasteiger partial charge in [-0.25, -0.2) is 4.98 Å². The highest BCUT2D eigenvalue weighted by Crippen LogP contribution is 2.23. The van der Waals surface area contributed by atoms with Gasteiger partial charge in [-0.15, -0.1) is 0 Å². The number of nitrogens with zero attached hydrogens (tertiary/aromatic N) is 1. The smallest absolute Gasteiger partial charge is 0.123 e. The Labute approximate surface area is 129 Å². The molecule has 1 aromatic heterocycles. The molecule has 0 unspecified atom stereocenters. The first-order valence-corrected chi connectivity index (χ1v) is 7.92. The van der Waals surface area contributed by atoms with Gasteiger partial charge in [-0.1, -0.05) is 54.8 Å². The van der Waals surface area contributed by atoms with Crippen molar-refractivity contribution in [3.8, 4) is 11.3 Å². The molecule has 2 aromatic rings. The highest BCUT2D eigenvalue weighted by Gasteiger charge is 2.11. The zero-order valence-electron chi connectivity index (χ0n) is 12.1. The average molecular weight is 336 g/mol. The zero-order valence-corrected chi connectivity index (χ0v) is 13.7. The molecule has 0 fully saturated rings. The van der Waals surface area contributed by atoms with E-state index in [-0.39, 0.29) is 6.04 Å².